The minimum atomic E-state index is -0.388. The van der Waals surface area contributed by atoms with Crippen LogP contribution in [0.3, 0.4) is 0 Å². The van der Waals surface area contributed by atoms with Crippen molar-refractivity contribution in [2.75, 3.05) is 7.11 Å². The summed E-state index contributed by atoms with van der Waals surface area (Å²) in [6, 6.07) is 4.21. The van der Waals surface area contributed by atoms with Crippen LogP contribution in [-0.4, -0.2) is 7.11 Å². The van der Waals surface area contributed by atoms with Gasteiger partial charge in [-0.3, -0.25) is 5.84 Å². The van der Waals surface area contributed by atoms with Gasteiger partial charge in [-0.15, -0.1) is 6.58 Å². The summed E-state index contributed by atoms with van der Waals surface area (Å²) in [4.78, 5) is 0. The molecule has 0 aliphatic rings. The summed E-state index contributed by atoms with van der Waals surface area (Å²) in [5, 5.41) is 0. The number of ether oxygens (including phenoxy) is 1. The van der Waals surface area contributed by atoms with Crippen LogP contribution in [-0.2, 0) is 0 Å². The Kier molecular flexibility index (Phi) is 3.62. The molecule has 0 aliphatic heterocycles. The minimum Gasteiger partial charge on any atom is -0.497 e. The van der Waals surface area contributed by atoms with Gasteiger partial charge in [0.2, 0.25) is 0 Å². The van der Waals surface area contributed by atoms with E-state index >= 15 is 0 Å². The van der Waals surface area contributed by atoms with Crippen LogP contribution in [0.5, 0.6) is 5.75 Å². The molecule has 76 valence electrons. The van der Waals surface area contributed by atoms with Crippen molar-refractivity contribution in [3.8, 4) is 5.75 Å². The van der Waals surface area contributed by atoms with Gasteiger partial charge >= 0.3 is 0 Å². The molecule has 0 heterocycles. The average molecular weight is 196 g/mol. The molecule has 0 saturated heterocycles. The molecule has 3 nitrogen and oxygen atoms in total. The second-order valence-electron chi connectivity index (χ2n) is 2.77. The predicted octanol–water partition coefficient (Wildman–Crippen LogP) is 1.52. The van der Waals surface area contributed by atoms with E-state index in [1.807, 2.05) is 0 Å². The average Bonchev–Trinajstić information content (AvgIpc) is 2.22. The topological polar surface area (TPSA) is 47.3 Å². The van der Waals surface area contributed by atoms with Crippen molar-refractivity contribution in [1.82, 2.24) is 5.43 Å². The van der Waals surface area contributed by atoms with E-state index < -0.39 is 0 Å². The van der Waals surface area contributed by atoms with Crippen LogP contribution in [0.4, 0.5) is 4.39 Å². The van der Waals surface area contributed by atoms with Gasteiger partial charge in [-0.2, -0.15) is 0 Å². The smallest absolute Gasteiger partial charge is 0.132 e. The molecule has 0 bridgehead atoms. The molecule has 14 heavy (non-hydrogen) atoms. The Morgan fingerprint density at radius 1 is 1.64 bits per heavy atom. The number of hydrogen-bond acceptors (Lipinski definition) is 3. The Morgan fingerprint density at radius 3 is 2.79 bits per heavy atom. The van der Waals surface area contributed by atoms with E-state index in [0.717, 1.165) is 0 Å². The van der Waals surface area contributed by atoms with E-state index in [1.165, 1.54) is 19.3 Å². The highest BCUT2D eigenvalue weighted by atomic mass is 19.1. The number of hydrogen-bond donors (Lipinski definition) is 2. The Hall–Kier alpha value is -1.39. The highest BCUT2D eigenvalue weighted by Gasteiger charge is 2.11. The summed E-state index contributed by atoms with van der Waals surface area (Å²) in [5.41, 5.74) is 2.89. The molecule has 1 atom stereocenters. The van der Waals surface area contributed by atoms with Gasteiger partial charge in [-0.05, 0) is 6.07 Å². The third-order valence-electron chi connectivity index (χ3n) is 1.96. The van der Waals surface area contributed by atoms with Crippen LogP contribution in [0.1, 0.15) is 11.6 Å². The number of nitrogens with two attached hydrogens (primary N) is 1. The maximum Gasteiger partial charge on any atom is 0.132 e. The maximum absolute atomic E-state index is 13.4. The molecule has 0 amide bonds. The van der Waals surface area contributed by atoms with E-state index in [2.05, 4.69) is 12.0 Å². The molecule has 1 rings (SSSR count). The molecular weight excluding hydrogens is 183 g/mol. The molecule has 4 heteroatoms. The Bertz CT molecular complexity index is 328. The first kappa shape index (κ1) is 10.7. The second-order valence-corrected chi connectivity index (χ2v) is 2.77. The normalized spacial score (nSPS) is 12.2. The SMILES string of the molecule is C=CC(NN)c1ccc(OC)cc1F. The Balaban J connectivity index is 3.04. The van der Waals surface area contributed by atoms with Crippen LogP contribution >= 0.6 is 0 Å². The summed E-state index contributed by atoms with van der Waals surface area (Å²) < 4.78 is 18.3. The maximum atomic E-state index is 13.4. The predicted molar refractivity (Wildman–Crippen MR) is 53.2 cm³/mol. The fraction of sp³-hybridized carbons (Fsp3) is 0.200. The van der Waals surface area contributed by atoms with Gasteiger partial charge in [0.15, 0.2) is 0 Å². The first-order valence-electron chi connectivity index (χ1n) is 4.15. The van der Waals surface area contributed by atoms with E-state index in [-0.39, 0.29) is 11.9 Å². The van der Waals surface area contributed by atoms with Crippen molar-refractivity contribution >= 4 is 0 Å². The zero-order valence-corrected chi connectivity index (χ0v) is 7.96. The van der Waals surface area contributed by atoms with Gasteiger partial charge in [-0.1, -0.05) is 12.1 Å². The number of rotatable bonds is 4. The van der Waals surface area contributed by atoms with Crippen molar-refractivity contribution in [2.45, 2.75) is 6.04 Å². The summed E-state index contributed by atoms with van der Waals surface area (Å²) in [6.45, 7) is 3.55. The second kappa shape index (κ2) is 4.74. The van der Waals surface area contributed by atoms with Crippen molar-refractivity contribution < 1.29 is 9.13 Å². The van der Waals surface area contributed by atoms with Crippen LogP contribution < -0.4 is 16.0 Å². The fourth-order valence-electron chi connectivity index (χ4n) is 1.17. The lowest BCUT2D eigenvalue weighted by Crippen LogP contribution is -2.27. The number of methoxy groups -OCH3 is 1. The monoisotopic (exact) mass is 196 g/mol. The molecule has 1 aromatic rings. The fourth-order valence-corrected chi connectivity index (χ4v) is 1.17. The van der Waals surface area contributed by atoms with Gasteiger partial charge in [0.1, 0.15) is 11.6 Å². The Morgan fingerprint density at radius 2 is 2.36 bits per heavy atom. The zero-order chi connectivity index (χ0) is 10.6. The minimum absolute atomic E-state index is 0.368. The largest absolute Gasteiger partial charge is 0.497 e. The lowest BCUT2D eigenvalue weighted by Gasteiger charge is -2.12. The van der Waals surface area contributed by atoms with Gasteiger partial charge in [0.05, 0.1) is 13.2 Å². The molecule has 0 aromatic heterocycles. The summed E-state index contributed by atoms with van der Waals surface area (Å²) in [6.07, 6.45) is 1.53. The van der Waals surface area contributed by atoms with Crippen molar-refractivity contribution in [3.63, 3.8) is 0 Å². The molecule has 1 aromatic carbocycles. The number of halogens is 1. The third-order valence-corrected chi connectivity index (χ3v) is 1.96. The molecule has 0 aliphatic carbocycles. The van der Waals surface area contributed by atoms with E-state index in [1.54, 1.807) is 12.1 Å². The van der Waals surface area contributed by atoms with Crippen LogP contribution in [0, 0.1) is 5.82 Å². The van der Waals surface area contributed by atoms with Crippen LogP contribution in [0.25, 0.3) is 0 Å². The molecular formula is C10H13FN2O. The molecule has 0 radical (unpaired) electrons. The quantitative estimate of drug-likeness (QED) is 0.436. The lowest BCUT2D eigenvalue weighted by molar-refractivity contribution is 0.410. The highest BCUT2D eigenvalue weighted by Crippen LogP contribution is 2.21. The van der Waals surface area contributed by atoms with Crippen molar-refractivity contribution in [1.29, 1.82) is 0 Å². The first-order valence-corrected chi connectivity index (χ1v) is 4.15. The van der Waals surface area contributed by atoms with Crippen molar-refractivity contribution in [3.05, 3.63) is 42.2 Å². The van der Waals surface area contributed by atoms with E-state index in [0.29, 0.717) is 11.3 Å². The molecule has 0 saturated carbocycles. The van der Waals surface area contributed by atoms with Crippen LogP contribution in [0.2, 0.25) is 0 Å². The standard InChI is InChI=1S/C10H13FN2O/c1-3-10(13-12)8-5-4-7(14-2)6-9(8)11/h3-6,10,13H,1,12H2,2H3. The van der Waals surface area contributed by atoms with Gasteiger partial charge in [-0.25, -0.2) is 9.82 Å². The molecule has 1 unspecified atom stereocenters. The lowest BCUT2D eigenvalue weighted by atomic mass is 10.1. The number of benzene rings is 1. The van der Waals surface area contributed by atoms with Crippen molar-refractivity contribution in [2.24, 2.45) is 5.84 Å². The highest BCUT2D eigenvalue weighted by molar-refractivity contribution is 5.32. The summed E-state index contributed by atoms with van der Waals surface area (Å²) in [5.74, 6) is 5.35. The molecule has 0 spiro atoms. The number of hydrazine groups is 1. The van der Waals surface area contributed by atoms with Gasteiger partial charge in [0.25, 0.3) is 0 Å². The zero-order valence-electron chi connectivity index (χ0n) is 7.96. The van der Waals surface area contributed by atoms with Gasteiger partial charge < -0.3 is 4.74 Å². The van der Waals surface area contributed by atoms with Crippen LogP contribution in [0.15, 0.2) is 30.9 Å². The summed E-state index contributed by atoms with van der Waals surface area (Å²) >= 11 is 0. The van der Waals surface area contributed by atoms with E-state index in [4.69, 9.17) is 10.6 Å². The molecule has 3 N–H and O–H groups in total. The molecule has 0 fully saturated rings. The number of nitrogens with one attached hydrogen (secondary N) is 1. The summed E-state index contributed by atoms with van der Waals surface area (Å²) in [7, 11) is 1.49. The Labute approximate surface area is 82.3 Å². The van der Waals surface area contributed by atoms with Gasteiger partial charge in [0, 0.05) is 11.6 Å². The first-order chi connectivity index (χ1) is 6.72. The third kappa shape index (κ3) is 2.10. The van der Waals surface area contributed by atoms with E-state index in [9.17, 15) is 4.39 Å².